The molecule has 0 aliphatic carbocycles. The van der Waals surface area contributed by atoms with E-state index in [0.29, 0.717) is 18.9 Å². The molecule has 0 radical (unpaired) electrons. The van der Waals surface area contributed by atoms with Gasteiger partial charge in [0.1, 0.15) is 5.82 Å². The molecule has 0 aliphatic rings. The predicted molar refractivity (Wildman–Crippen MR) is 52.8 cm³/mol. The Labute approximate surface area is 86.7 Å². The number of anilines is 1. The van der Waals surface area contributed by atoms with Crippen molar-refractivity contribution >= 4 is 5.82 Å². The summed E-state index contributed by atoms with van der Waals surface area (Å²) in [5.74, 6) is 0.370. The third-order valence-electron chi connectivity index (χ3n) is 2.16. The first kappa shape index (κ1) is 11.8. The number of halogens is 3. The van der Waals surface area contributed by atoms with Gasteiger partial charge < -0.3 is 4.90 Å². The van der Waals surface area contributed by atoms with E-state index in [1.54, 1.807) is 4.90 Å². The van der Waals surface area contributed by atoms with Gasteiger partial charge in [0.15, 0.2) is 0 Å². The number of rotatable bonds is 3. The smallest absolute Gasteiger partial charge is 0.357 e. The molecule has 0 saturated heterocycles. The third-order valence-corrected chi connectivity index (χ3v) is 2.16. The van der Waals surface area contributed by atoms with Crippen LogP contribution in [-0.2, 0) is 6.18 Å². The number of aromatic nitrogens is 1. The first-order chi connectivity index (χ1) is 6.99. The van der Waals surface area contributed by atoms with Crippen molar-refractivity contribution < 1.29 is 13.2 Å². The van der Waals surface area contributed by atoms with Crippen LogP contribution in [0.15, 0.2) is 18.3 Å². The van der Waals surface area contributed by atoms with Crippen molar-refractivity contribution in [2.45, 2.75) is 20.0 Å². The van der Waals surface area contributed by atoms with Crippen molar-refractivity contribution in [3.63, 3.8) is 0 Å². The Morgan fingerprint density at radius 2 is 1.87 bits per heavy atom. The lowest BCUT2D eigenvalue weighted by Crippen LogP contribution is -2.23. The average Bonchev–Trinajstić information content (AvgIpc) is 2.19. The van der Waals surface area contributed by atoms with Gasteiger partial charge in [0, 0.05) is 19.3 Å². The Morgan fingerprint density at radius 1 is 1.27 bits per heavy atom. The maximum Gasteiger partial charge on any atom is 0.416 e. The normalized spacial score (nSPS) is 11.5. The Bertz CT molecular complexity index is 319. The van der Waals surface area contributed by atoms with Crippen molar-refractivity contribution in [3.05, 3.63) is 23.9 Å². The minimum Gasteiger partial charge on any atom is -0.357 e. The fourth-order valence-corrected chi connectivity index (χ4v) is 1.32. The molecular weight excluding hydrogens is 205 g/mol. The standard InChI is InChI=1S/C10H13F3N2/c1-3-15(4-2)9-7-8(5-6-14-9)10(11,12)13/h5-7H,3-4H2,1-2H3. The van der Waals surface area contributed by atoms with E-state index in [9.17, 15) is 13.2 Å². The molecular formula is C10H13F3N2. The van der Waals surface area contributed by atoms with Crippen LogP contribution in [0.4, 0.5) is 19.0 Å². The first-order valence-electron chi connectivity index (χ1n) is 4.77. The van der Waals surface area contributed by atoms with Gasteiger partial charge in [-0.05, 0) is 26.0 Å². The molecule has 84 valence electrons. The van der Waals surface area contributed by atoms with E-state index < -0.39 is 11.7 Å². The Hall–Kier alpha value is -1.26. The Balaban J connectivity index is 3.02. The summed E-state index contributed by atoms with van der Waals surface area (Å²) in [6, 6.07) is 2.06. The highest BCUT2D eigenvalue weighted by Crippen LogP contribution is 2.30. The number of alkyl halides is 3. The molecule has 1 aromatic heterocycles. The predicted octanol–water partition coefficient (Wildman–Crippen LogP) is 2.95. The summed E-state index contributed by atoms with van der Waals surface area (Å²) >= 11 is 0. The van der Waals surface area contributed by atoms with E-state index in [1.807, 2.05) is 13.8 Å². The highest BCUT2D eigenvalue weighted by Gasteiger charge is 2.30. The minimum absolute atomic E-state index is 0.370. The molecule has 1 aromatic rings. The Kier molecular flexibility index (Phi) is 3.55. The van der Waals surface area contributed by atoms with Gasteiger partial charge in [0.25, 0.3) is 0 Å². The lowest BCUT2D eigenvalue weighted by molar-refractivity contribution is -0.137. The van der Waals surface area contributed by atoms with E-state index in [-0.39, 0.29) is 0 Å². The van der Waals surface area contributed by atoms with E-state index in [0.717, 1.165) is 12.1 Å². The van der Waals surface area contributed by atoms with Crippen molar-refractivity contribution in [2.75, 3.05) is 18.0 Å². The number of nitrogens with zero attached hydrogens (tertiary/aromatic N) is 2. The van der Waals surface area contributed by atoms with Crippen molar-refractivity contribution in [2.24, 2.45) is 0 Å². The molecule has 0 N–H and O–H groups in total. The molecule has 5 heteroatoms. The van der Waals surface area contributed by atoms with Gasteiger partial charge in [-0.3, -0.25) is 0 Å². The van der Waals surface area contributed by atoms with Crippen LogP contribution in [0, 0.1) is 0 Å². The van der Waals surface area contributed by atoms with E-state index >= 15 is 0 Å². The Morgan fingerprint density at radius 3 is 2.33 bits per heavy atom. The maximum absolute atomic E-state index is 12.4. The second kappa shape index (κ2) is 4.51. The van der Waals surface area contributed by atoms with Gasteiger partial charge in [0.05, 0.1) is 5.56 Å². The highest BCUT2D eigenvalue weighted by atomic mass is 19.4. The van der Waals surface area contributed by atoms with Crippen LogP contribution in [0.1, 0.15) is 19.4 Å². The summed E-state index contributed by atoms with van der Waals surface area (Å²) in [6.07, 6.45) is -3.11. The number of hydrogen-bond acceptors (Lipinski definition) is 2. The van der Waals surface area contributed by atoms with Crippen molar-refractivity contribution in [3.8, 4) is 0 Å². The molecule has 0 spiro atoms. The topological polar surface area (TPSA) is 16.1 Å². The number of hydrogen-bond donors (Lipinski definition) is 0. The van der Waals surface area contributed by atoms with E-state index in [4.69, 9.17) is 0 Å². The summed E-state index contributed by atoms with van der Waals surface area (Å²) in [6.45, 7) is 5.05. The quantitative estimate of drug-likeness (QED) is 0.775. The molecule has 15 heavy (non-hydrogen) atoms. The SMILES string of the molecule is CCN(CC)c1cc(C(F)(F)F)ccn1. The van der Waals surface area contributed by atoms with Crippen LogP contribution in [0.2, 0.25) is 0 Å². The molecule has 0 aliphatic heterocycles. The van der Waals surface area contributed by atoms with Gasteiger partial charge in [-0.15, -0.1) is 0 Å². The summed E-state index contributed by atoms with van der Waals surface area (Å²) in [4.78, 5) is 5.69. The van der Waals surface area contributed by atoms with Gasteiger partial charge in [-0.25, -0.2) is 4.98 Å². The molecule has 1 heterocycles. The monoisotopic (exact) mass is 218 g/mol. The van der Waals surface area contributed by atoms with E-state index in [1.165, 1.54) is 6.20 Å². The zero-order valence-electron chi connectivity index (χ0n) is 8.67. The summed E-state index contributed by atoms with van der Waals surface area (Å²) in [5.41, 5.74) is -0.653. The summed E-state index contributed by atoms with van der Waals surface area (Å²) in [7, 11) is 0. The molecule has 2 nitrogen and oxygen atoms in total. The van der Waals surface area contributed by atoms with Crippen LogP contribution >= 0.6 is 0 Å². The molecule has 0 bridgehead atoms. The first-order valence-corrected chi connectivity index (χ1v) is 4.77. The fourth-order valence-electron chi connectivity index (χ4n) is 1.32. The van der Waals surface area contributed by atoms with Crippen LogP contribution in [0.3, 0.4) is 0 Å². The van der Waals surface area contributed by atoms with Crippen LogP contribution < -0.4 is 4.90 Å². The van der Waals surface area contributed by atoms with E-state index in [2.05, 4.69) is 4.98 Å². The molecule has 0 fully saturated rings. The molecule has 0 atom stereocenters. The van der Waals surface area contributed by atoms with Crippen LogP contribution in [0.5, 0.6) is 0 Å². The van der Waals surface area contributed by atoms with Gasteiger partial charge in [0.2, 0.25) is 0 Å². The van der Waals surface area contributed by atoms with Gasteiger partial charge >= 0.3 is 6.18 Å². The highest BCUT2D eigenvalue weighted by molar-refractivity contribution is 5.41. The van der Waals surface area contributed by atoms with Crippen molar-refractivity contribution in [1.82, 2.24) is 4.98 Å². The fraction of sp³-hybridized carbons (Fsp3) is 0.500. The molecule has 1 rings (SSSR count). The average molecular weight is 218 g/mol. The zero-order valence-corrected chi connectivity index (χ0v) is 8.67. The lowest BCUT2D eigenvalue weighted by atomic mass is 10.2. The summed E-state index contributed by atoms with van der Waals surface area (Å²) in [5, 5.41) is 0. The molecule has 0 aromatic carbocycles. The van der Waals surface area contributed by atoms with Gasteiger partial charge in [-0.2, -0.15) is 13.2 Å². The van der Waals surface area contributed by atoms with Crippen LogP contribution in [-0.4, -0.2) is 18.1 Å². The van der Waals surface area contributed by atoms with Crippen LogP contribution in [0.25, 0.3) is 0 Å². The second-order valence-electron chi connectivity index (χ2n) is 3.07. The maximum atomic E-state index is 12.4. The van der Waals surface area contributed by atoms with Gasteiger partial charge in [-0.1, -0.05) is 0 Å². The van der Waals surface area contributed by atoms with Crippen molar-refractivity contribution in [1.29, 1.82) is 0 Å². The second-order valence-corrected chi connectivity index (χ2v) is 3.07. The largest absolute Gasteiger partial charge is 0.416 e. The minimum atomic E-state index is -4.30. The molecule has 0 amide bonds. The zero-order chi connectivity index (χ0) is 11.5. The summed E-state index contributed by atoms with van der Waals surface area (Å²) < 4.78 is 37.2. The molecule has 0 unspecified atom stereocenters. The number of pyridine rings is 1. The molecule has 0 saturated carbocycles. The lowest BCUT2D eigenvalue weighted by Gasteiger charge is -2.20. The third kappa shape index (κ3) is 2.84.